The molecular weight excluding hydrogens is 394 g/mol. The first-order valence-electron chi connectivity index (χ1n) is 11.4. The molecule has 0 aromatic heterocycles. The molecule has 0 saturated carbocycles. The van der Waals surface area contributed by atoms with E-state index in [-0.39, 0.29) is 11.9 Å². The largest absolute Gasteiger partial charge is 0.290 e. The van der Waals surface area contributed by atoms with E-state index < -0.39 is 0 Å². The quantitative estimate of drug-likeness (QED) is 0.589. The number of benzene rings is 3. The van der Waals surface area contributed by atoms with Crippen LogP contribution in [0, 0.1) is 13.8 Å². The van der Waals surface area contributed by atoms with Gasteiger partial charge in [-0.2, -0.15) is 5.10 Å². The van der Waals surface area contributed by atoms with E-state index in [2.05, 4.69) is 91.5 Å². The lowest BCUT2D eigenvalue weighted by atomic mass is 9.97. The molecule has 162 valence electrons. The third-order valence-corrected chi connectivity index (χ3v) is 6.58. The first kappa shape index (κ1) is 20.7. The Hall–Kier alpha value is -3.24. The van der Waals surface area contributed by atoms with Gasteiger partial charge < -0.3 is 0 Å². The van der Waals surface area contributed by atoms with Crippen LogP contribution < -0.4 is 0 Å². The van der Waals surface area contributed by atoms with Crippen molar-refractivity contribution in [3.8, 4) is 0 Å². The summed E-state index contributed by atoms with van der Waals surface area (Å²) < 4.78 is 0. The van der Waals surface area contributed by atoms with Crippen molar-refractivity contribution in [1.82, 2.24) is 9.91 Å². The predicted octanol–water partition coefficient (Wildman–Crippen LogP) is 5.04. The smallest absolute Gasteiger partial charge is 0.257 e. The molecule has 4 heteroatoms. The molecule has 0 radical (unpaired) electrons. The molecule has 0 N–H and O–H groups in total. The highest BCUT2D eigenvalue weighted by Gasteiger charge is 2.34. The fraction of sp³-hybridized carbons (Fsp3) is 0.286. The monoisotopic (exact) mass is 423 g/mol. The molecule has 1 amide bonds. The topological polar surface area (TPSA) is 35.9 Å². The number of amides is 1. The third kappa shape index (κ3) is 4.23. The summed E-state index contributed by atoms with van der Waals surface area (Å²) in [6, 6.07) is 25.4. The molecular formula is C28H29N3O. The number of hydrazone groups is 1. The van der Waals surface area contributed by atoms with Crippen molar-refractivity contribution in [2.45, 2.75) is 39.3 Å². The van der Waals surface area contributed by atoms with Gasteiger partial charge in [-0.25, -0.2) is 5.01 Å². The molecule has 0 unspecified atom stereocenters. The SMILES string of the molecule is Cc1ccc(C2=NN(C(=O)CN3CCc4ccccc4C3)[C@H](c3ccc(C)cc3)C2)cc1. The van der Waals surface area contributed by atoms with Gasteiger partial charge in [-0.3, -0.25) is 9.69 Å². The summed E-state index contributed by atoms with van der Waals surface area (Å²) >= 11 is 0. The minimum absolute atomic E-state index is 0.0588. The van der Waals surface area contributed by atoms with E-state index in [9.17, 15) is 4.79 Å². The summed E-state index contributed by atoms with van der Waals surface area (Å²) in [4.78, 5) is 15.7. The van der Waals surface area contributed by atoms with E-state index in [1.165, 1.54) is 22.3 Å². The van der Waals surface area contributed by atoms with Gasteiger partial charge >= 0.3 is 0 Å². The van der Waals surface area contributed by atoms with Crippen molar-refractivity contribution >= 4 is 11.6 Å². The average Bonchev–Trinajstić information content (AvgIpc) is 3.25. The zero-order chi connectivity index (χ0) is 22.1. The van der Waals surface area contributed by atoms with Crippen molar-refractivity contribution in [1.29, 1.82) is 0 Å². The van der Waals surface area contributed by atoms with E-state index in [0.717, 1.165) is 42.8 Å². The second-order valence-electron chi connectivity index (χ2n) is 9.01. The zero-order valence-corrected chi connectivity index (χ0v) is 18.8. The normalized spacial score (nSPS) is 18.4. The summed E-state index contributed by atoms with van der Waals surface area (Å²) in [5.41, 5.74) is 8.38. The predicted molar refractivity (Wildman–Crippen MR) is 129 cm³/mol. The second-order valence-corrected chi connectivity index (χ2v) is 9.01. The van der Waals surface area contributed by atoms with Crippen LogP contribution in [-0.4, -0.2) is 34.6 Å². The van der Waals surface area contributed by atoms with E-state index in [1.807, 2.05) is 0 Å². The molecule has 2 aliphatic rings. The van der Waals surface area contributed by atoms with Crippen LogP contribution >= 0.6 is 0 Å². The number of aryl methyl sites for hydroxylation is 2. The second kappa shape index (κ2) is 8.71. The Labute approximate surface area is 190 Å². The highest BCUT2D eigenvalue weighted by atomic mass is 16.2. The molecule has 2 aliphatic heterocycles. The maximum atomic E-state index is 13.5. The van der Waals surface area contributed by atoms with Crippen LogP contribution in [0.5, 0.6) is 0 Å². The Bertz CT molecular complexity index is 1150. The van der Waals surface area contributed by atoms with E-state index in [4.69, 9.17) is 5.10 Å². The molecule has 2 heterocycles. The standard InChI is InChI=1S/C28H29N3O/c1-20-7-11-23(12-8-20)26-17-27(24-13-9-21(2)10-14-24)31(29-26)28(32)19-30-16-15-22-5-3-4-6-25(22)18-30/h3-14,27H,15-19H2,1-2H3/t27-/m0/s1. The molecule has 5 rings (SSSR count). The van der Waals surface area contributed by atoms with Gasteiger partial charge in [0.2, 0.25) is 0 Å². The Morgan fingerprint density at radius 2 is 1.56 bits per heavy atom. The molecule has 0 aliphatic carbocycles. The summed E-state index contributed by atoms with van der Waals surface area (Å²) in [7, 11) is 0. The van der Waals surface area contributed by atoms with Gasteiger partial charge in [-0.15, -0.1) is 0 Å². The maximum absolute atomic E-state index is 13.5. The number of hydrogen-bond donors (Lipinski definition) is 0. The van der Waals surface area contributed by atoms with Crippen molar-refractivity contribution in [2.75, 3.05) is 13.1 Å². The van der Waals surface area contributed by atoms with Crippen molar-refractivity contribution in [3.05, 3.63) is 106 Å². The van der Waals surface area contributed by atoms with Gasteiger partial charge in [0.25, 0.3) is 5.91 Å². The highest BCUT2D eigenvalue weighted by Crippen LogP contribution is 2.33. The van der Waals surface area contributed by atoms with Crippen LogP contribution in [0.15, 0.2) is 77.9 Å². The summed E-state index contributed by atoms with van der Waals surface area (Å²) in [5.74, 6) is 0.0667. The van der Waals surface area contributed by atoms with Crippen LogP contribution in [0.3, 0.4) is 0 Å². The summed E-state index contributed by atoms with van der Waals surface area (Å²) in [5, 5.41) is 6.59. The molecule has 4 nitrogen and oxygen atoms in total. The first-order valence-corrected chi connectivity index (χ1v) is 11.4. The Balaban J connectivity index is 1.39. The summed E-state index contributed by atoms with van der Waals surface area (Å²) in [6.45, 7) is 6.28. The Kier molecular flexibility index (Phi) is 5.62. The fourth-order valence-corrected chi connectivity index (χ4v) is 4.66. The van der Waals surface area contributed by atoms with Crippen LogP contribution in [0.1, 0.15) is 45.8 Å². The van der Waals surface area contributed by atoms with Gasteiger partial charge in [-0.05, 0) is 42.5 Å². The summed E-state index contributed by atoms with van der Waals surface area (Å²) in [6.07, 6.45) is 1.73. The van der Waals surface area contributed by atoms with Crippen LogP contribution in [0.25, 0.3) is 0 Å². The lowest BCUT2D eigenvalue weighted by Crippen LogP contribution is -2.40. The van der Waals surface area contributed by atoms with E-state index >= 15 is 0 Å². The molecule has 0 spiro atoms. The van der Waals surface area contributed by atoms with E-state index in [1.54, 1.807) is 5.01 Å². The van der Waals surface area contributed by atoms with Crippen molar-refractivity contribution in [3.63, 3.8) is 0 Å². The van der Waals surface area contributed by atoms with Crippen molar-refractivity contribution < 1.29 is 4.79 Å². The van der Waals surface area contributed by atoms with Crippen molar-refractivity contribution in [2.24, 2.45) is 5.10 Å². The number of hydrogen-bond acceptors (Lipinski definition) is 3. The van der Waals surface area contributed by atoms with Gasteiger partial charge in [0.1, 0.15) is 0 Å². The molecule has 1 atom stereocenters. The number of carbonyl (C=O) groups excluding carboxylic acids is 1. The van der Waals surface area contributed by atoms with Crippen LogP contribution in [-0.2, 0) is 17.8 Å². The number of rotatable bonds is 4. The molecule has 3 aromatic rings. The minimum atomic E-state index is -0.0588. The fourth-order valence-electron chi connectivity index (χ4n) is 4.66. The molecule has 3 aromatic carbocycles. The van der Waals surface area contributed by atoms with Gasteiger partial charge in [0.15, 0.2) is 0 Å². The Morgan fingerprint density at radius 3 is 2.28 bits per heavy atom. The van der Waals surface area contributed by atoms with Gasteiger partial charge in [0, 0.05) is 19.5 Å². The number of nitrogens with zero attached hydrogens (tertiary/aromatic N) is 3. The third-order valence-electron chi connectivity index (χ3n) is 6.58. The lowest BCUT2D eigenvalue weighted by molar-refractivity contribution is -0.134. The lowest BCUT2D eigenvalue weighted by Gasteiger charge is -2.30. The average molecular weight is 424 g/mol. The zero-order valence-electron chi connectivity index (χ0n) is 18.8. The molecule has 0 saturated heterocycles. The van der Waals surface area contributed by atoms with E-state index in [0.29, 0.717) is 6.54 Å². The molecule has 0 bridgehead atoms. The van der Waals surface area contributed by atoms with Gasteiger partial charge in [-0.1, -0.05) is 83.9 Å². The van der Waals surface area contributed by atoms with Gasteiger partial charge in [0.05, 0.1) is 18.3 Å². The first-order chi connectivity index (χ1) is 15.6. The molecule has 32 heavy (non-hydrogen) atoms. The highest BCUT2D eigenvalue weighted by molar-refractivity contribution is 6.03. The van der Waals surface area contributed by atoms with Crippen LogP contribution in [0.2, 0.25) is 0 Å². The van der Waals surface area contributed by atoms with Crippen LogP contribution in [0.4, 0.5) is 0 Å². The Morgan fingerprint density at radius 1 is 0.906 bits per heavy atom. The number of carbonyl (C=O) groups is 1. The molecule has 0 fully saturated rings. The maximum Gasteiger partial charge on any atom is 0.257 e. The minimum Gasteiger partial charge on any atom is -0.290 e. The number of fused-ring (bicyclic) bond motifs is 1.